The van der Waals surface area contributed by atoms with Crippen molar-refractivity contribution < 1.29 is 13.5 Å². The maximum Gasteiger partial charge on any atom is 0.236 e. The fourth-order valence-corrected chi connectivity index (χ4v) is 2.92. The van der Waals surface area contributed by atoms with Gasteiger partial charge in [0.1, 0.15) is 5.75 Å². The number of hydrogen-bond acceptors (Lipinski definition) is 3. The highest BCUT2D eigenvalue weighted by atomic mass is 32.2. The van der Waals surface area contributed by atoms with Crippen LogP contribution in [0.25, 0.3) is 0 Å². The van der Waals surface area contributed by atoms with Crippen molar-refractivity contribution in [3.8, 4) is 5.75 Å². The zero-order valence-electron chi connectivity index (χ0n) is 10.5. The fraction of sp³-hybridized carbons (Fsp3) is 0.143. The van der Waals surface area contributed by atoms with Crippen LogP contribution in [0.4, 0.5) is 5.69 Å². The molecule has 0 unspecified atom stereocenters. The summed E-state index contributed by atoms with van der Waals surface area (Å²) < 4.78 is 26.5. The van der Waals surface area contributed by atoms with E-state index in [1.54, 1.807) is 37.3 Å². The number of sulfonamides is 1. The lowest BCUT2D eigenvalue weighted by atomic mass is 10.2. The normalized spacial score (nSPS) is 11.2. The maximum atomic E-state index is 12.0. The molecule has 4 nitrogen and oxygen atoms in total. The van der Waals surface area contributed by atoms with E-state index in [4.69, 9.17) is 0 Å². The summed E-state index contributed by atoms with van der Waals surface area (Å²) in [6.45, 7) is 1.71. The topological polar surface area (TPSA) is 66.4 Å². The molecular formula is C14H15NO3S. The molecule has 0 amide bonds. The molecule has 100 valence electrons. The van der Waals surface area contributed by atoms with Crippen molar-refractivity contribution >= 4 is 15.7 Å². The molecule has 0 aromatic heterocycles. The average molecular weight is 277 g/mol. The van der Waals surface area contributed by atoms with Crippen LogP contribution >= 0.6 is 0 Å². The van der Waals surface area contributed by atoms with Crippen LogP contribution in [0.15, 0.2) is 48.5 Å². The van der Waals surface area contributed by atoms with Gasteiger partial charge >= 0.3 is 0 Å². The van der Waals surface area contributed by atoms with Gasteiger partial charge in [0, 0.05) is 5.69 Å². The monoisotopic (exact) mass is 277 g/mol. The molecule has 0 aliphatic heterocycles. The molecule has 2 rings (SSSR count). The van der Waals surface area contributed by atoms with Crippen molar-refractivity contribution in [1.29, 1.82) is 0 Å². The minimum Gasteiger partial charge on any atom is -0.508 e. The molecule has 2 aromatic carbocycles. The Morgan fingerprint density at radius 3 is 2.42 bits per heavy atom. The Hall–Kier alpha value is -2.01. The first-order valence-corrected chi connectivity index (χ1v) is 7.45. The van der Waals surface area contributed by atoms with Gasteiger partial charge in [0.15, 0.2) is 0 Å². The molecule has 19 heavy (non-hydrogen) atoms. The largest absolute Gasteiger partial charge is 0.508 e. The van der Waals surface area contributed by atoms with Crippen molar-refractivity contribution in [2.75, 3.05) is 4.72 Å². The number of aryl methyl sites for hydroxylation is 1. The lowest BCUT2D eigenvalue weighted by molar-refractivity contribution is 0.471. The Kier molecular flexibility index (Phi) is 3.76. The lowest BCUT2D eigenvalue weighted by Gasteiger charge is -2.09. The van der Waals surface area contributed by atoms with Crippen LogP contribution in [0.1, 0.15) is 11.1 Å². The molecule has 0 spiro atoms. The molecule has 0 fully saturated rings. The van der Waals surface area contributed by atoms with E-state index in [1.165, 1.54) is 12.1 Å². The summed E-state index contributed by atoms with van der Waals surface area (Å²) >= 11 is 0. The molecule has 0 atom stereocenters. The van der Waals surface area contributed by atoms with Crippen molar-refractivity contribution in [3.05, 3.63) is 59.7 Å². The summed E-state index contributed by atoms with van der Waals surface area (Å²) in [5, 5.41) is 9.40. The van der Waals surface area contributed by atoms with Gasteiger partial charge in [-0.2, -0.15) is 0 Å². The van der Waals surface area contributed by atoms with Crippen LogP contribution in [0.2, 0.25) is 0 Å². The average Bonchev–Trinajstić information content (AvgIpc) is 2.34. The second-order valence-electron chi connectivity index (χ2n) is 4.35. The number of benzene rings is 2. The van der Waals surface area contributed by atoms with Crippen molar-refractivity contribution in [2.45, 2.75) is 12.7 Å². The summed E-state index contributed by atoms with van der Waals surface area (Å²) in [5.41, 5.74) is 1.80. The number of nitrogens with one attached hydrogen (secondary N) is 1. The second-order valence-corrected chi connectivity index (χ2v) is 6.07. The van der Waals surface area contributed by atoms with Crippen LogP contribution in [-0.4, -0.2) is 13.5 Å². The van der Waals surface area contributed by atoms with E-state index >= 15 is 0 Å². The molecule has 0 radical (unpaired) electrons. The van der Waals surface area contributed by atoms with E-state index in [-0.39, 0.29) is 11.5 Å². The Labute approximate surface area is 112 Å². The quantitative estimate of drug-likeness (QED) is 0.844. The van der Waals surface area contributed by atoms with Crippen molar-refractivity contribution in [2.24, 2.45) is 0 Å². The van der Waals surface area contributed by atoms with Gasteiger partial charge in [0.25, 0.3) is 0 Å². The van der Waals surface area contributed by atoms with Crippen LogP contribution in [-0.2, 0) is 15.8 Å². The third-order valence-corrected chi connectivity index (χ3v) is 3.93. The van der Waals surface area contributed by atoms with Crippen LogP contribution in [0.5, 0.6) is 5.75 Å². The summed E-state index contributed by atoms with van der Waals surface area (Å²) in [6.07, 6.45) is 0. The lowest BCUT2D eigenvalue weighted by Crippen LogP contribution is -2.15. The highest BCUT2D eigenvalue weighted by Gasteiger charge is 2.12. The van der Waals surface area contributed by atoms with E-state index in [9.17, 15) is 13.5 Å². The zero-order valence-corrected chi connectivity index (χ0v) is 11.3. The highest BCUT2D eigenvalue weighted by Crippen LogP contribution is 2.21. The number of phenolic OH excluding ortho intramolecular Hbond substituents is 1. The first kappa shape index (κ1) is 13.4. The van der Waals surface area contributed by atoms with Gasteiger partial charge in [0.05, 0.1) is 5.75 Å². The molecule has 0 aliphatic carbocycles. The predicted octanol–water partition coefficient (Wildman–Crippen LogP) is 2.64. The zero-order chi connectivity index (χ0) is 13.9. The van der Waals surface area contributed by atoms with E-state index in [2.05, 4.69) is 4.72 Å². The molecule has 2 aromatic rings. The van der Waals surface area contributed by atoms with Gasteiger partial charge in [-0.15, -0.1) is 0 Å². The van der Waals surface area contributed by atoms with Gasteiger partial charge < -0.3 is 5.11 Å². The van der Waals surface area contributed by atoms with Gasteiger partial charge in [-0.3, -0.25) is 4.72 Å². The first-order chi connectivity index (χ1) is 8.96. The van der Waals surface area contributed by atoms with E-state index in [0.29, 0.717) is 11.3 Å². The van der Waals surface area contributed by atoms with E-state index in [0.717, 1.165) is 5.56 Å². The van der Waals surface area contributed by atoms with Gasteiger partial charge in [-0.05, 0) is 36.2 Å². The third kappa shape index (κ3) is 3.72. The standard InChI is InChI=1S/C14H15NO3S/c1-11-9-13(7-8-14(11)16)15-19(17,18)10-12-5-3-2-4-6-12/h2-9,15-16H,10H2,1H3. The summed E-state index contributed by atoms with van der Waals surface area (Å²) in [4.78, 5) is 0. The molecule has 0 bridgehead atoms. The Bertz CT molecular complexity index is 666. The van der Waals surface area contributed by atoms with E-state index in [1.807, 2.05) is 6.07 Å². The summed E-state index contributed by atoms with van der Waals surface area (Å²) in [5.74, 6) is 0.0688. The SMILES string of the molecule is Cc1cc(NS(=O)(=O)Cc2ccccc2)ccc1O. The van der Waals surface area contributed by atoms with Gasteiger partial charge in [0.2, 0.25) is 10.0 Å². The van der Waals surface area contributed by atoms with Crippen LogP contribution in [0.3, 0.4) is 0 Å². The summed E-state index contributed by atoms with van der Waals surface area (Å²) in [7, 11) is -3.45. The summed E-state index contributed by atoms with van der Waals surface area (Å²) in [6, 6.07) is 13.6. The number of anilines is 1. The molecule has 0 aliphatic rings. The molecular weight excluding hydrogens is 262 g/mol. The molecule has 0 saturated heterocycles. The van der Waals surface area contributed by atoms with Crippen molar-refractivity contribution in [3.63, 3.8) is 0 Å². The fourth-order valence-electron chi connectivity index (χ4n) is 1.73. The molecule has 5 heteroatoms. The Morgan fingerprint density at radius 1 is 1.11 bits per heavy atom. The van der Waals surface area contributed by atoms with Gasteiger partial charge in [-0.25, -0.2) is 8.42 Å². The predicted molar refractivity (Wildman–Crippen MR) is 75.5 cm³/mol. The van der Waals surface area contributed by atoms with Crippen LogP contribution in [0, 0.1) is 6.92 Å². The smallest absolute Gasteiger partial charge is 0.236 e. The number of aromatic hydroxyl groups is 1. The molecule has 2 N–H and O–H groups in total. The highest BCUT2D eigenvalue weighted by molar-refractivity contribution is 7.91. The van der Waals surface area contributed by atoms with E-state index < -0.39 is 10.0 Å². The molecule has 0 heterocycles. The maximum absolute atomic E-state index is 12.0. The van der Waals surface area contributed by atoms with Crippen LogP contribution < -0.4 is 4.72 Å². The minimum absolute atomic E-state index is 0.0756. The minimum atomic E-state index is -3.45. The first-order valence-electron chi connectivity index (χ1n) is 5.80. The third-order valence-electron chi connectivity index (χ3n) is 2.67. The number of rotatable bonds is 4. The second kappa shape index (κ2) is 5.32. The Balaban J connectivity index is 2.15. The number of phenols is 1. The molecule has 0 saturated carbocycles. The van der Waals surface area contributed by atoms with Crippen molar-refractivity contribution in [1.82, 2.24) is 0 Å². The number of hydrogen-bond donors (Lipinski definition) is 2. The Morgan fingerprint density at radius 2 is 1.79 bits per heavy atom. The van der Waals surface area contributed by atoms with Gasteiger partial charge in [-0.1, -0.05) is 30.3 Å².